The van der Waals surface area contributed by atoms with Crippen molar-refractivity contribution in [2.45, 2.75) is 49.8 Å². The van der Waals surface area contributed by atoms with Gasteiger partial charge in [-0.1, -0.05) is 13.8 Å². The second kappa shape index (κ2) is 11.1. The first-order valence-electron chi connectivity index (χ1n) is 14.3. The Hall–Kier alpha value is -4.20. The number of pyridine rings is 3. The summed E-state index contributed by atoms with van der Waals surface area (Å²) < 4.78 is 45.5. The summed E-state index contributed by atoms with van der Waals surface area (Å²) in [7, 11) is -2.25. The molecule has 230 valence electrons. The molecule has 3 aromatic heterocycles. The summed E-state index contributed by atoms with van der Waals surface area (Å²) in [5, 5.41) is 9.19. The summed E-state index contributed by atoms with van der Waals surface area (Å²) in [6.07, 6.45) is 5.62. The number of carbonyl (C=O) groups is 1. The number of aromatic nitrogens is 3. The quantitative estimate of drug-likeness (QED) is 0.241. The van der Waals surface area contributed by atoms with Crippen LogP contribution in [0.2, 0.25) is 0 Å². The number of primary sulfonamides is 1. The van der Waals surface area contributed by atoms with Crippen molar-refractivity contribution in [2.24, 2.45) is 5.14 Å². The molecule has 0 bridgehead atoms. The standard InChI is InChI=1S/C31H33FN6O5S/c1-17(2)34-6-7-43-29-20(16-44(33,41)42)8-19(14-37-29)22-10-23-25(11-24(22)32)36-15-26-28(23)31(30(40)38(26)3)12-21(13-31)18-4-5-35-27(39)9-18/h4-5,8-11,14-15,17,21,34H,6-7,12-13,16H2,1-3H3,(H,35,39)(H2,33,41,42). The molecule has 44 heavy (non-hydrogen) atoms. The zero-order valence-electron chi connectivity index (χ0n) is 24.6. The van der Waals surface area contributed by atoms with Crippen LogP contribution in [0.25, 0.3) is 22.0 Å². The number of carbonyl (C=O) groups excluding carboxylic acids is 1. The monoisotopic (exact) mass is 620 g/mol. The van der Waals surface area contributed by atoms with Crippen molar-refractivity contribution in [3.05, 3.63) is 81.8 Å². The van der Waals surface area contributed by atoms with Gasteiger partial charge in [-0.05, 0) is 42.5 Å². The lowest BCUT2D eigenvalue weighted by atomic mass is 9.57. The fourth-order valence-electron chi connectivity index (χ4n) is 6.42. The number of H-pyrrole nitrogens is 1. The van der Waals surface area contributed by atoms with E-state index in [1.165, 1.54) is 18.3 Å². The third kappa shape index (κ3) is 5.35. The Labute approximate surface area is 253 Å². The number of nitrogens with two attached hydrogens (primary N) is 1. The maximum Gasteiger partial charge on any atom is 0.248 e. The first-order valence-corrected chi connectivity index (χ1v) is 16.0. The van der Waals surface area contributed by atoms with Gasteiger partial charge in [-0.15, -0.1) is 0 Å². The molecule has 1 spiro atoms. The van der Waals surface area contributed by atoms with Gasteiger partial charge in [0.15, 0.2) is 0 Å². The molecular weight excluding hydrogens is 587 g/mol. The van der Waals surface area contributed by atoms with Gasteiger partial charge >= 0.3 is 0 Å². The van der Waals surface area contributed by atoms with Gasteiger partial charge in [0.25, 0.3) is 0 Å². The second-order valence-corrected chi connectivity index (χ2v) is 13.5. The van der Waals surface area contributed by atoms with Gasteiger partial charge in [-0.3, -0.25) is 14.6 Å². The van der Waals surface area contributed by atoms with E-state index >= 15 is 4.39 Å². The Morgan fingerprint density at radius 3 is 2.66 bits per heavy atom. The van der Waals surface area contributed by atoms with E-state index in [1.807, 2.05) is 19.9 Å². The molecule has 13 heteroatoms. The highest BCUT2D eigenvalue weighted by atomic mass is 32.2. The maximum absolute atomic E-state index is 15.7. The maximum atomic E-state index is 15.7. The van der Waals surface area contributed by atoms with Crippen molar-refractivity contribution in [1.29, 1.82) is 0 Å². The molecule has 4 heterocycles. The second-order valence-electron chi connectivity index (χ2n) is 11.9. The molecule has 1 aliphatic heterocycles. The van der Waals surface area contributed by atoms with Gasteiger partial charge < -0.3 is 19.9 Å². The molecule has 0 unspecified atom stereocenters. The molecule has 6 rings (SSSR count). The number of fused-ring (bicyclic) bond motifs is 4. The van der Waals surface area contributed by atoms with Gasteiger partial charge in [-0.25, -0.2) is 22.9 Å². The van der Waals surface area contributed by atoms with Crippen molar-refractivity contribution in [3.63, 3.8) is 0 Å². The average molecular weight is 621 g/mol. The number of aromatic amines is 1. The highest BCUT2D eigenvalue weighted by Crippen LogP contribution is 2.60. The smallest absolute Gasteiger partial charge is 0.248 e. The number of anilines is 1. The lowest BCUT2D eigenvalue weighted by molar-refractivity contribution is -0.126. The van der Waals surface area contributed by atoms with Gasteiger partial charge in [0, 0.05) is 71.8 Å². The molecule has 0 saturated heterocycles. The van der Waals surface area contributed by atoms with Crippen LogP contribution in [0.15, 0.2) is 53.7 Å². The predicted molar refractivity (Wildman–Crippen MR) is 165 cm³/mol. The van der Waals surface area contributed by atoms with Crippen molar-refractivity contribution in [2.75, 3.05) is 25.1 Å². The van der Waals surface area contributed by atoms with Crippen LogP contribution >= 0.6 is 0 Å². The lowest BCUT2D eigenvalue weighted by Crippen LogP contribution is -2.48. The molecule has 4 N–H and O–H groups in total. The number of hydrogen-bond acceptors (Lipinski definition) is 8. The van der Waals surface area contributed by atoms with Crippen LogP contribution in [0.3, 0.4) is 0 Å². The zero-order valence-corrected chi connectivity index (χ0v) is 25.4. The van der Waals surface area contributed by atoms with E-state index in [2.05, 4.69) is 20.3 Å². The number of nitrogens with one attached hydrogen (secondary N) is 2. The van der Waals surface area contributed by atoms with Gasteiger partial charge in [0.2, 0.25) is 27.4 Å². The molecule has 0 atom stereocenters. The summed E-state index contributed by atoms with van der Waals surface area (Å²) in [5.74, 6) is -1.08. The fraction of sp³-hybridized carbons (Fsp3) is 0.355. The first kappa shape index (κ1) is 29.9. The molecule has 11 nitrogen and oxygen atoms in total. The fourth-order valence-corrected chi connectivity index (χ4v) is 7.06. The van der Waals surface area contributed by atoms with E-state index in [9.17, 15) is 18.0 Å². The Morgan fingerprint density at radius 1 is 1.18 bits per heavy atom. The van der Waals surface area contributed by atoms with Crippen LogP contribution in [0.5, 0.6) is 5.88 Å². The summed E-state index contributed by atoms with van der Waals surface area (Å²) in [5.41, 5.74) is 2.34. The minimum absolute atomic E-state index is 0.0111. The third-order valence-electron chi connectivity index (χ3n) is 8.44. The Morgan fingerprint density at radius 2 is 1.95 bits per heavy atom. The number of rotatable bonds is 9. The van der Waals surface area contributed by atoms with Crippen molar-refractivity contribution in [3.8, 4) is 17.0 Å². The predicted octanol–water partition coefficient (Wildman–Crippen LogP) is 3.08. The van der Waals surface area contributed by atoms with Gasteiger partial charge in [0.1, 0.15) is 12.4 Å². The molecule has 1 amide bonds. The van der Waals surface area contributed by atoms with E-state index < -0.39 is 27.0 Å². The molecule has 1 aliphatic carbocycles. The van der Waals surface area contributed by atoms with Crippen molar-refractivity contribution >= 4 is 32.5 Å². The summed E-state index contributed by atoms with van der Waals surface area (Å²) >= 11 is 0. The number of ether oxygens (including phenoxy) is 1. The highest BCUT2D eigenvalue weighted by molar-refractivity contribution is 7.88. The largest absolute Gasteiger partial charge is 0.476 e. The number of likely N-dealkylation sites (N-methyl/N-ethyl adjacent to an activating group) is 1. The van der Waals surface area contributed by atoms with Crippen molar-refractivity contribution in [1.82, 2.24) is 20.3 Å². The lowest BCUT2D eigenvalue weighted by Gasteiger charge is -2.44. The third-order valence-corrected chi connectivity index (χ3v) is 9.15. The Kier molecular flexibility index (Phi) is 7.50. The Balaban J connectivity index is 1.41. The number of halogens is 1. The van der Waals surface area contributed by atoms with Gasteiger partial charge in [0.05, 0.1) is 28.6 Å². The number of sulfonamides is 1. The van der Waals surface area contributed by atoms with E-state index in [-0.39, 0.29) is 47.0 Å². The van der Waals surface area contributed by atoms with E-state index in [0.717, 1.165) is 11.1 Å². The minimum Gasteiger partial charge on any atom is -0.476 e. The first-order chi connectivity index (χ1) is 20.9. The summed E-state index contributed by atoms with van der Waals surface area (Å²) in [6.45, 7) is 4.75. The van der Waals surface area contributed by atoms with Crippen LogP contribution in [0.4, 0.5) is 10.1 Å². The minimum atomic E-state index is -3.95. The molecular formula is C31H33FN6O5S. The molecule has 1 saturated carbocycles. The SMILES string of the molecule is CC(C)NCCOc1ncc(-c2cc3c4c(cnc3cc2F)N(C)C(=O)C42CC(c3cc[nH]c(=O)c3)C2)cc1CS(N)(=O)=O. The molecule has 2 aliphatic rings. The zero-order chi connectivity index (χ0) is 31.4. The number of nitrogens with zero attached hydrogens (tertiary/aromatic N) is 3. The van der Waals surface area contributed by atoms with E-state index in [4.69, 9.17) is 9.88 Å². The van der Waals surface area contributed by atoms with E-state index in [1.54, 1.807) is 36.5 Å². The average Bonchev–Trinajstić information content (AvgIpc) is 3.16. The van der Waals surface area contributed by atoms with Crippen LogP contribution in [0.1, 0.15) is 49.3 Å². The highest BCUT2D eigenvalue weighted by Gasteiger charge is 2.58. The van der Waals surface area contributed by atoms with Crippen molar-refractivity contribution < 1.29 is 22.3 Å². The molecule has 1 fully saturated rings. The van der Waals surface area contributed by atoms with Crippen LogP contribution in [0, 0.1) is 5.82 Å². The van der Waals surface area contributed by atoms with Crippen LogP contribution in [-0.4, -0.2) is 55.5 Å². The van der Waals surface area contributed by atoms with Crippen LogP contribution in [-0.2, 0) is 26.0 Å². The number of benzene rings is 1. The molecule has 4 aromatic rings. The number of hydrogen-bond donors (Lipinski definition) is 3. The summed E-state index contributed by atoms with van der Waals surface area (Å²) in [4.78, 5) is 38.6. The van der Waals surface area contributed by atoms with Crippen LogP contribution < -0.4 is 25.7 Å². The Bertz CT molecular complexity index is 1960. The number of amides is 1. The molecule has 0 radical (unpaired) electrons. The van der Waals surface area contributed by atoms with Gasteiger partial charge in [-0.2, -0.15) is 0 Å². The summed E-state index contributed by atoms with van der Waals surface area (Å²) in [6, 6.07) is 8.13. The van der Waals surface area contributed by atoms with E-state index in [0.29, 0.717) is 41.5 Å². The topological polar surface area (TPSA) is 160 Å². The molecule has 1 aromatic carbocycles. The normalized spacial score (nSPS) is 19.5.